The van der Waals surface area contributed by atoms with Crippen molar-refractivity contribution in [3.8, 4) is 5.69 Å². The van der Waals surface area contributed by atoms with Gasteiger partial charge in [0.05, 0.1) is 18.0 Å². The van der Waals surface area contributed by atoms with Gasteiger partial charge in [0, 0.05) is 25.8 Å². The highest BCUT2D eigenvalue weighted by Gasteiger charge is 2.24. The minimum atomic E-state index is -0.775. The van der Waals surface area contributed by atoms with E-state index in [1.165, 1.54) is 12.1 Å². The zero-order valence-corrected chi connectivity index (χ0v) is 19.7. The first-order valence-corrected chi connectivity index (χ1v) is 11.1. The third-order valence-corrected chi connectivity index (χ3v) is 5.90. The Hall–Kier alpha value is -3.30. The number of hydrogen-bond donors (Lipinski definition) is 2. The maximum absolute atomic E-state index is 13.1. The first kappa shape index (κ1) is 25.3. The van der Waals surface area contributed by atoms with E-state index in [4.69, 9.17) is 10.5 Å². The number of ether oxygens (including phenoxy) is 1. The number of nitrogens with zero attached hydrogens (tertiary/aromatic N) is 3. The molecule has 0 spiro atoms. The van der Waals surface area contributed by atoms with E-state index < -0.39 is 17.7 Å². The first-order valence-electron chi connectivity index (χ1n) is 11.1. The van der Waals surface area contributed by atoms with Gasteiger partial charge in [0.1, 0.15) is 5.82 Å². The summed E-state index contributed by atoms with van der Waals surface area (Å²) in [5.74, 6) is -0.607. The molecule has 3 aromatic rings. The van der Waals surface area contributed by atoms with Crippen molar-refractivity contribution in [2.45, 2.75) is 26.2 Å². The van der Waals surface area contributed by atoms with Crippen LogP contribution in [0.25, 0.3) is 5.69 Å². The van der Waals surface area contributed by atoms with Crippen molar-refractivity contribution in [1.29, 1.82) is 0 Å². The fourth-order valence-electron chi connectivity index (χ4n) is 3.92. The summed E-state index contributed by atoms with van der Waals surface area (Å²) in [4.78, 5) is 13.3. The number of methoxy groups -OCH3 is 1. The van der Waals surface area contributed by atoms with Crippen LogP contribution in [0, 0.1) is 25.5 Å². The number of urea groups is 1. The second-order valence-corrected chi connectivity index (χ2v) is 8.25. The van der Waals surface area contributed by atoms with Crippen molar-refractivity contribution < 1.29 is 18.3 Å². The van der Waals surface area contributed by atoms with E-state index in [1.807, 2.05) is 44.2 Å². The van der Waals surface area contributed by atoms with Gasteiger partial charge in [0.25, 0.3) is 0 Å². The van der Waals surface area contributed by atoms with Crippen LogP contribution in [-0.2, 0) is 4.74 Å². The zero-order valence-electron chi connectivity index (χ0n) is 19.7. The Kier molecular flexibility index (Phi) is 8.72. The molecular formula is C25H31F2N5O2. The van der Waals surface area contributed by atoms with Crippen LogP contribution in [-0.4, -0.2) is 54.1 Å². The number of nitrogens with two attached hydrogens (primary N) is 1. The van der Waals surface area contributed by atoms with E-state index in [2.05, 4.69) is 15.3 Å². The molecule has 0 bridgehead atoms. The van der Waals surface area contributed by atoms with Gasteiger partial charge in [-0.3, -0.25) is 5.32 Å². The van der Waals surface area contributed by atoms with E-state index in [0.29, 0.717) is 18.3 Å². The highest BCUT2D eigenvalue weighted by atomic mass is 19.2. The third-order valence-electron chi connectivity index (χ3n) is 5.90. The summed E-state index contributed by atoms with van der Waals surface area (Å²) in [6, 6.07) is 13.2. The van der Waals surface area contributed by atoms with E-state index >= 15 is 0 Å². The number of likely N-dealkylation sites (tertiary alicyclic amines) is 1. The summed E-state index contributed by atoms with van der Waals surface area (Å²) in [7, 11) is 1.68. The van der Waals surface area contributed by atoms with Crippen molar-refractivity contribution in [2.75, 3.05) is 38.7 Å². The maximum Gasteiger partial charge on any atom is 0.317 e. The molecule has 0 radical (unpaired) electrons. The van der Waals surface area contributed by atoms with Gasteiger partial charge in [-0.25, -0.2) is 18.3 Å². The molecule has 2 aromatic carbocycles. The van der Waals surface area contributed by atoms with Crippen molar-refractivity contribution in [2.24, 2.45) is 5.73 Å². The first-order chi connectivity index (χ1) is 16.3. The maximum atomic E-state index is 13.1. The highest BCUT2D eigenvalue weighted by Crippen LogP contribution is 2.28. The van der Waals surface area contributed by atoms with Crippen LogP contribution in [0.3, 0.4) is 0 Å². The molecule has 1 aliphatic rings. The molecule has 1 fully saturated rings. The Balaban J connectivity index is 0.000000191. The van der Waals surface area contributed by atoms with Crippen molar-refractivity contribution in [1.82, 2.24) is 14.7 Å². The molecule has 0 aliphatic carbocycles. The van der Waals surface area contributed by atoms with E-state index in [9.17, 15) is 13.6 Å². The summed E-state index contributed by atoms with van der Waals surface area (Å²) in [5, 5.41) is 6.98. The number of primary amides is 1. The topological polar surface area (TPSA) is 85.4 Å². The van der Waals surface area contributed by atoms with Gasteiger partial charge in [0.2, 0.25) is 0 Å². The van der Waals surface area contributed by atoms with Crippen LogP contribution < -0.4 is 11.1 Å². The van der Waals surface area contributed by atoms with Gasteiger partial charge in [-0.05, 0) is 62.6 Å². The largest absolute Gasteiger partial charge is 0.383 e. The Morgan fingerprint density at radius 2 is 1.91 bits per heavy atom. The molecule has 9 heteroatoms. The summed E-state index contributed by atoms with van der Waals surface area (Å²) < 4.78 is 32.7. The van der Waals surface area contributed by atoms with Gasteiger partial charge in [-0.1, -0.05) is 24.3 Å². The molecule has 182 valence electrons. The van der Waals surface area contributed by atoms with Crippen LogP contribution in [0.15, 0.2) is 48.5 Å². The summed E-state index contributed by atoms with van der Waals surface area (Å²) >= 11 is 0. The molecule has 1 saturated heterocycles. The average molecular weight is 472 g/mol. The molecule has 2 heterocycles. The number of halogens is 2. The normalized spacial score (nSPS) is 15.6. The summed E-state index contributed by atoms with van der Waals surface area (Å²) in [6.07, 6.45) is 0.995. The molecule has 4 rings (SSSR count). The number of anilines is 1. The fraction of sp³-hybridized carbons (Fsp3) is 0.360. The molecular weight excluding hydrogens is 440 g/mol. The summed E-state index contributed by atoms with van der Waals surface area (Å²) in [5.41, 5.74) is 8.70. The van der Waals surface area contributed by atoms with E-state index in [-0.39, 0.29) is 0 Å². The molecule has 7 nitrogen and oxygen atoms in total. The van der Waals surface area contributed by atoms with Crippen molar-refractivity contribution in [3.63, 3.8) is 0 Å². The number of rotatable bonds is 6. The number of aryl methyl sites for hydroxylation is 1. The molecule has 34 heavy (non-hydrogen) atoms. The monoisotopic (exact) mass is 471 g/mol. The zero-order chi connectivity index (χ0) is 24.7. The van der Waals surface area contributed by atoms with E-state index in [0.717, 1.165) is 48.6 Å². The number of aromatic nitrogens is 2. The lowest BCUT2D eigenvalue weighted by Gasteiger charge is -2.15. The fourth-order valence-corrected chi connectivity index (χ4v) is 3.92. The second kappa shape index (κ2) is 11.7. The quantitative estimate of drug-likeness (QED) is 0.559. The lowest BCUT2D eigenvalue weighted by Crippen LogP contribution is -2.24. The SMILES string of the molecule is COCCN1CCC(c2ccc(F)c(F)c2)C1.Cc1nn(-c2ccccc2)c(NC(N)=O)c1C. The van der Waals surface area contributed by atoms with Crippen LogP contribution >= 0.6 is 0 Å². The Morgan fingerprint density at radius 3 is 2.56 bits per heavy atom. The Morgan fingerprint density at radius 1 is 1.18 bits per heavy atom. The minimum absolute atomic E-state index is 0.307. The number of carbonyl (C=O) groups is 1. The van der Waals surface area contributed by atoms with Crippen LogP contribution in [0.4, 0.5) is 19.4 Å². The number of hydrogen-bond acceptors (Lipinski definition) is 4. The number of amides is 2. The molecule has 1 unspecified atom stereocenters. The number of carbonyl (C=O) groups excluding carboxylic acids is 1. The lowest BCUT2D eigenvalue weighted by atomic mass is 9.98. The molecule has 3 N–H and O–H groups in total. The second-order valence-electron chi connectivity index (χ2n) is 8.25. The van der Waals surface area contributed by atoms with Gasteiger partial charge in [-0.15, -0.1) is 0 Å². The van der Waals surface area contributed by atoms with E-state index in [1.54, 1.807) is 17.9 Å². The van der Waals surface area contributed by atoms with Gasteiger partial charge in [-0.2, -0.15) is 5.10 Å². The van der Waals surface area contributed by atoms with Crippen LogP contribution in [0.5, 0.6) is 0 Å². The number of para-hydroxylation sites is 1. The highest BCUT2D eigenvalue weighted by molar-refractivity contribution is 5.88. The Labute approximate surface area is 198 Å². The predicted molar refractivity (Wildman–Crippen MR) is 128 cm³/mol. The minimum Gasteiger partial charge on any atom is -0.383 e. The van der Waals surface area contributed by atoms with Crippen LogP contribution in [0.1, 0.15) is 29.2 Å². The van der Waals surface area contributed by atoms with Gasteiger partial charge in [0.15, 0.2) is 11.6 Å². The van der Waals surface area contributed by atoms with Gasteiger partial charge < -0.3 is 15.4 Å². The smallest absolute Gasteiger partial charge is 0.317 e. The Bertz CT molecular complexity index is 1100. The molecule has 1 atom stereocenters. The van der Waals surface area contributed by atoms with Crippen molar-refractivity contribution >= 4 is 11.8 Å². The predicted octanol–water partition coefficient (Wildman–Crippen LogP) is 4.38. The van der Waals surface area contributed by atoms with Gasteiger partial charge >= 0.3 is 6.03 Å². The number of benzene rings is 2. The third kappa shape index (κ3) is 6.39. The number of nitrogens with one attached hydrogen (secondary N) is 1. The molecule has 1 aliphatic heterocycles. The summed E-state index contributed by atoms with van der Waals surface area (Å²) in [6.45, 7) is 7.29. The molecule has 2 amide bonds. The molecule has 1 aromatic heterocycles. The molecule has 0 saturated carbocycles. The lowest BCUT2D eigenvalue weighted by molar-refractivity contribution is 0.160. The standard InChI is InChI=1S/C13H17F2NO.C12H14N4O/c1-17-7-6-16-5-4-11(9-16)10-2-3-12(14)13(15)8-10;1-8-9(2)15-16(11(8)14-12(13)17)10-6-4-3-5-7-10/h2-3,8,11H,4-7,9H2,1H3;3-7H,1-2H3,(H3,13,14,17). The van der Waals surface area contributed by atoms with Crippen molar-refractivity contribution in [3.05, 3.63) is 77.0 Å². The van der Waals surface area contributed by atoms with Crippen LogP contribution in [0.2, 0.25) is 0 Å². The average Bonchev–Trinajstić information content (AvgIpc) is 3.41.